The van der Waals surface area contributed by atoms with E-state index in [9.17, 15) is 0 Å². The van der Waals surface area contributed by atoms with Crippen molar-refractivity contribution in [1.82, 2.24) is 0 Å². The lowest BCUT2D eigenvalue weighted by Crippen LogP contribution is -2.11. The van der Waals surface area contributed by atoms with Crippen molar-refractivity contribution in [3.05, 3.63) is 157 Å². The maximum Gasteiger partial charge on any atom is 0.187 e. The number of benzene rings is 7. The maximum absolute atomic E-state index is 7.46. The van der Waals surface area contributed by atoms with Crippen molar-refractivity contribution in [2.45, 2.75) is 6.92 Å². The molecule has 2 nitrogen and oxygen atoms in total. The molecular weight excluding hydrogens is 484 g/mol. The third kappa shape index (κ3) is 3.97. The molecule has 0 aliphatic carbocycles. The summed E-state index contributed by atoms with van der Waals surface area (Å²) in [7, 11) is 0. The van der Waals surface area contributed by atoms with Gasteiger partial charge in [0.25, 0.3) is 0 Å². The van der Waals surface area contributed by atoms with Crippen molar-refractivity contribution in [3.63, 3.8) is 0 Å². The van der Waals surface area contributed by atoms with Crippen LogP contribution in [0.1, 0.15) is 5.56 Å². The van der Waals surface area contributed by atoms with Gasteiger partial charge < -0.3 is 4.90 Å². The number of aryl methyl sites for hydroxylation is 1. The summed E-state index contributed by atoms with van der Waals surface area (Å²) in [5.74, 6) is 0. The number of hydrogen-bond donors (Lipinski definition) is 0. The monoisotopic (exact) mass is 510 g/mol. The predicted octanol–water partition coefficient (Wildman–Crippen LogP) is 11.1. The molecule has 7 aromatic carbocycles. The van der Waals surface area contributed by atoms with Crippen molar-refractivity contribution in [3.8, 4) is 11.1 Å². The van der Waals surface area contributed by atoms with E-state index in [0.717, 1.165) is 17.1 Å². The number of hydrogen-bond acceptors (Lipinski definition) is 1. The van der Waals surface area contributed by atoms with Gasteiger partial charge in [-0.2, -0.15) is 0 Å². The minimum Gasteiger partial charge on any atom is -0.309 e. The second-order valence-electron chi connectivity index (χ2n) is 10.2. The highest BCUT2D eigenvalue weighted by atomic mass is 15.1. The smallest absolute Gasteiger partial charge is 0.187 e. The highest BCUT2D eigenvalue weighted by Crippen LogP contribution is 2.48. The Balaban J connectivity index is 1.59. The van der Waals surface area contributed by atoms with Gasteiger partial charge in [-0.1, -0.05) is 115 Å². The van der Waals surface area contributed by atoms with E-state index in [0.29, 0.717) is 5.69 Å². The largest absolute Gasteiger partial charge is 0.309 e. The molecule has 0 bridgehead atoms. The lowest BCUT2D eigenvalue weighted by Gasteiger charge is -2.29. The van der Waals surface area contributed by atoms with Crippen molar-refractivity contribution in [2.75, 3.05) is 4.90 Å². The first-order valence-electron chi connectivity index (χ1n) is 13.5. The van der Waals surface area contributed by atoms with E-state index in [1.165, 1.54) is 49.0 Å². The van der Waals surface area contributed by atoms with Crippen molar-refractivity contribution in [1.29, 1.82) is 0 Å². The summed E-state index contributed by atoms with van der Waals surface area (Å²) in [5.41, 5.74) is 7.53. The SMILES string of the molecule is [C-]#[N+]c1ccc(N(c2ccc(C)cc2)c2c3ccccc3c(-c3ccc4ccccc4c3)c3ccccc23)cc1. The molecule has 0 N–H and O–H groups in total. The molecule has 7 aromatic rings. The van der Waals surface area contributed by atoms with Crippen LogP contribution in [0.3, 0.4) is 0 Å². The molecule has 0 aliphatic rings. The predicted molar refractivity (Wildman–Crippen MR) is 170 cm³/mol. The van der Waals surface area contributed by atoms with Crippen LogP contribution >= 0.6 is 0 Å². The lowest BCUT2D eigenvalue weighted by atomic mass is 9.89. The Labute approximate surface area is 234 Å². The molecule has 7 rings (SSSR count). The Morgan fingerprint density at radius 1 is 0.525 bits per heavy atom. The molecule has 0 spiro atoms. The topological polar surface area (TPSA) is 7.60 Å². The molecule has 0 atom stereocenters. The van der Waals surface area contributed by atoms with E-state index >= 15 is 0 Å². The molecule has 0 aliphatic heterocycles. The molecule has 0 fully saturated rings. The Hall–Kier alpha value is -5.39. The van der Waals surface area contributed by atoms with Gasteiger partial charge in [-0.15, -0.1) is 0 Å². The first kappa shape index (κ1) is 23.7. The van der Waals surface area contributed by atoms with Gasteiger partial charge >= 0.3 is 0 Å². The summed E-state index contributed by atoms with van der Waals surface area (Å²) in [6.45, 7) is 9.57. The zero-order valence-electron chi connectivity index (χ0n) is 22.2. The summed E-state index contributed by atoms with van der Waals surface area (Å²) < 4.78 is 0. The maximum atomic E-state index is 7.46. The molecule has 188 valence electrons. The van der Waals surface area contributed by atoms with Crippen LogP contribution in [0.4, 0.5) is 22.7 Å². The molecule has 0 saturated carbocycles. The first-order valence-corrected chi connectivity index (χ1v) is 13.5. The number of rotatable bonds is 4. The number of fused-ring (bicyclic) bond motifs is 3. The number of nitrogens with zero attached hydrogens (tertiary/aromatic N) is 2. The molecule has 0 saturated heterocycles. The normalized spacial score (nSPS) is 11.1. The van der Waals surface area contributed by atoms with Crippen LogP contribution in [0.15, 0.2) is 140 Å². The zero-order chi connectivity index (χ0) is 27.1. The minimum absolute atomic E-state index is 0.633. The van der Waals surface area contributed by atoms with Crippen LogP contribution in [0.2, 0.25) is 0 Å². The van der Waals surface area contributed by atoms with Gasteiger partial charge in [0.2, 0.25) is 0 Å². The van der Waals surface area contributed by atoms with E-state index in [-0.39, 0.29) is 0 Å². The Kier molecular flexibility index (Phi) is 5.77. The standard InChI is InChI=1S/C38H26N2/c1-26-15-21-31(22-16-26)40(32-23-19-30(39-2)20-24-32)38-35-13-7-5-11-33(35)37(34-12-6-8-14-36(34)38)29-18-17-27-9-3-4-10-28(27)25-29/h3-25H,1H3. The Morgan fingerprint density at radius 3 is 1.65 bits per heavy atom. The summed E-state index contributed by atoms with van der Waals surface area (Å²) in [5, 5.41) is 7.25. The average molecular weight is 511 g/mol. The quantitative estimate of drug-likeness (QED) is 0.169. The second kappa shape index (κ2) is 9.73. The number of anilines is 3. The van der Waals surface area contributed by atoms with Crippen LogP contribution in [-0.4, -0.2) is 0 Å². The summed E-state index contributed by atoms with van der Waals surface area (Å²) in [6.07, 6.45) is 0. The molecule has 0 aromatic heterocycles. The minimum atomic E-state index is 0.633. The second-order valence-corrected chi connectivity index (χ2v) is 10.2. The molecule has 0 unspecified atom stereocenters. The van der Waals surface area contributed by atoms with E-state index in [4.69, 9.17) is 6.57 Å². The van der Waals surface area contributed by atoms with Gasteiger partial charge in [-0.3, -0.25) is 0 Å². The van der Waals surface area contributed by atoms with Crippen molar-refractivity contribution < 1.29 is 0 Å². The summed E-state index contributed by atoms with van der Waals surface area (Å²) in [6, 6.07) is 49.3. The average Bonchev–Trinajstić information content (AvgIpc) is 3.02. The summed E-state index contributed by atoms with van der Waals surface area (Å²) >= 11 is 0. The van der Waals surface area contributed by atoms with Gasteiger partial charge in [-0.25, -0.2) is 4.85 Å². The fraction of sp³-hybridized carbons (Fsp3) is 0.0263. The highest BCUT2D eigenvalue weighted by molar-refractivity contribution is 6.22. The Morgan fingerprint density at radius 2 is 1.05 bits per heavy atom. The van der Waals surface area contributed by atoms with Crippen LogP contribution in [-0.2, 0) is 0 Å². The van der Waals surface area contributed by atoms with Gasteiger partial charge in [0, 0.05) is 22.1 Å². The molecule has 0 radical (unpaired) electrons. The van der Waals surface area contributed by atoms with Gasteiger partial charge in [0.1, 0.15) is 0 Å². The van der Waals surface area contributed by atoms with E-state index in [1.54, 1.807) is 0 Å². The van der Waals surface area contributed by atoms with Crippen molar-refractivity contribution >= 4 is 55.1 Å². The third-order valence-corrected chi connectivity index (χ3v) is 7.69. The third-order valence-electron chi connectivity index (χ3n) is 7.69. The Bertz CT molecular complexity index is 2010. The van der Waals surface area contributed by atoms with Crippen molar-refractivity contribution in [2.24, 2.45) is 0 Å². The van der Waals surface area contributed by atoms with Crippen LogP contribution in [0.25, 0.3) is 48.3 Å². The van der Waals surface area contributed by atoms with Gasteiger partial charge in [0.05, 0.1) is 12.3 Å². The molecular formula is C38H26N2. The van der Waals surface area contributed by atoms with Gasteiger partial charge in [-0.05, 0) is 69.9 Å². The lowest BCUT2D eigenvalue weighted by molar-refractivity contribution is 1.30. The highest BCUT2D eigenvalue weighted by Gasteiger charge is 2.22. The first-order chi connectivity index (χ1) is 19.7. The van der Waals surface area contributed by atoms with E-state index in [2.05, 4.69) is 132 Å². The summed E-state index contributed by atoms with van der Waals surface area (Å²) in [4.78, 5) is 5.96. The van der Waals surface area contributed by atoms with Crippen LogP contribution in [0.5, 0.6) is 0 Å². The van der Waals surface area contributed by atoms with E-state index in [1.807, 2.05) is 24.3 Å². The van der Waals surface area contributed by atoms with Crippen LogP contribution in [0, 0.1) is 13.5 Å². The zero-order valence-corrected chi connectivity index (χ0v) is 22.2. The fourth-order valence-corrected chi connectivity index (χ4v) is 5.78. The molecule has 2 heteroatoms. The molecule has 40 heavy (non-hydrogen) atoms. The van der Waals surface area contributed by atoms with E-state index < -0.39 is 0 Å². The van der Waals surface area contributed by atoms with Crippen LogP contribution < -0.4 is 4.90 Å². The molecule has 0 heterocycles. The van der Waals surface area contributed by atoms with Gasteiger partial charge in [0.15, 0.2) is 5.69 Å². The fourth-order valence-electron chi connectivity index (χ4n) is 5.78. The molecule has 0 amide bonds.